The second-order valence-corrected chi connectivity index (χ2v) is 5.04. The summed E-state index contributed by atoms with van der Waals surface area (Å²) in [4.78, 5) is 4.56. The van der Waals surface area contributed by atoms with Crippen LogP contribution in [-0.4, -0.2) is 14.8 Å². The predicted molar refractivity (Wildman–Crippen MR) is 70.2 cm³/mol. The Kier molecular flexibility index (Phi) is 3.59. The highest BCUT2D eigenvalue weighted by Gasteiger charge is 2.11. The number of hydrogen-bond donors (Lipinski definition) is 1. The molecule has 0 atom stereocenters. The first-order valence-electron chi connectivity index (χ1n) is 5.82. The van der Waals surface area contributed by atoms with Gasteiger partial charge in [0.2, 0.25) is 0 Å². The van der Waals surface area contributed by atoms with Gasteiger partial charge in [-0.3, -0.25) is 4.68 Å². The van der Waals surface area contributed by atoms with Crippen LogP contribution in [0.1, 0.15) is 34.6 Å². The van der Waals surface area contributed by atoms with Gasteiger partial charge in [0, 0.05) is 23.2 Å². The molecule has 2 N–H and O–H groups in total. The largest absolute Gasteiger partial charge is 0.326 e. The van der Waals surface area contributed by atoms with Crippen LogP contribution in [0.15, 0.2) is 5.38 Å². The van der Waals surface area contributed by atoms with Gasteiger partial charge in [-0.2, -0.15) is 5.10 Å². The minimum Gasteiger partial charge on any atom is -0.326 e. The Bertz CT molecular complexity index is 513. The third-order valence-electron chi connectivity index (χ3n) is 2.95. The van der Waals surface area contributed by atoms with Gasteiger partial charge in [0.05, 0.1) is 22.9 Å². The first-order chi connectivity index (χ1) is 8.15. The van der Waals surface area contributed by atoms with Crippen LogP contribution in [0.2, 0.25) is 0 Å². The van der Waals surface area contributed by atoms with Crippen LogP contribution in [0.4, 0.5) is 0 Å². The smallest absolute Gasteiger partial charge is 0.0926 e. The van der Waals surface area contributed by atoms with E-state index in [0.29, 0.717) is 6.54 Å². The third kappa shape index (κ3) is 2.40. The Balaban J connectivity index is 2.24. The minimum absolute atomic E-state index is 0.551. The van der Waals surface area contributed by atoms with Crippen LogP contribution >= 0.6 is 11.3 Å². The first-order valence-corrected chi connectivity index (χ1v) is 6.69. The molecule has 2 aromatic rings. The van der Waals surface area contributed by atoms with Crippen LogP contribution in [0.5, 0.6) is 0 Å². The van der Waals surface area contributed by atoms with Crippen molar-refractivity contribution < 1.29 is 0 Å². The van der Waals surface area contributed by atoms with Crippen molar-refractivity contribution in [1.29, 1.82) is 0 Å². The van der Waals surface area contributed by atoms with Crippen molar-refractivity contribution in [2.75, 3.05) is 0 Å². The maximum Gasteiger partial charge on any atom is 0.0926 e. The number of nitrogens with zero attached hydrogens (tertiary/aromatic N) is 3. The fourth-order valence-electron chi connectivity index (χ4n) is 1.92. The molecule has 0 aromatic carbocycles. The lowest BCUT2D eigenvalue weighted by molar-refractivity contribution is 0.647. The number of aryl methyl sites for hydroxylation is 2. The van der Waals surface area contributed by atoms with Crippen molar-refractivity contribution in [3.05, 3.63) is 33.0 Å². The van der Waals surface area contributed by atoms with Crippen LogP contribution in [-0.2, 0) is 19.5 Å². The standard InChI is InChI=1S/C12H18N4S/c1-4-12-14-10(7-17-12)6-16-9(3)11(5-13)8(2)15-16/h7H,4-6,13H2,1-3H3. The van der Waals surface area contributed by atoms with Gasteiger partial charge in [-0.05, 0) is 20.3 Å². The highest BCUT2D eigenvalue weighted by Crippen LogP contribution is 2.15. The average Bonchev–Trinajstić information content (AvgIpc) is 2.86. The molecule has 92 valence electrons. The number of aromatic nitrogens is 3. The van der Waals surface area contributed by atoms with Gasteiger partial charge >= 0.3 is 0 Å². The zero-order valence-corrected chi connectivity index (χ0v) is 11.3. The monoisotopic (exact) mass is 250 g/mol. The Hall–Kier alpha value is -1.20. The van der Waals surface area contributed by atoms with Gasteiger partial charge in [-0.15, -0.1) is 11.3 Å². The summed E-state index contributed by atoms with van der Waals surface area (Å²) in [6.45, 7) is 7.48. The van der Waals surface area contributed by atoms with Crippen molar-refractivity contribution in [2.45, 2.75) is 40.3 Å². The molecule has 17 heavy (non-hydrogen) atoms. The van der Waals surface area contributed by atoms with Crippen LogP contribution < -0.4 is 5.73 Å². The van der Waals surface area contributed by atoms with Gasteiger partial charge in [-0.1, -0.05) is 6.92 Å². The Morgan fingerprint density at radius 3 is 2.71 bits per heavy atom. The molecule has 4 nitrogen and oxygen atoms in total. The van der Waals surface area contributed by atoms with E-state index in [0.717, 1.165) is 35.6 Å². The van der Waals surface area contributed by atoms with Crippen molar-refractivity contribution in [2.24, 2.45) is 5.73 Å². The van der Waals surface area contributed by atoms with Gasteiger partial charge in [0.1, 0.15) is 0 Å². The molecule has 0 saturated heterocycles. The van der Waals surface area contributed by atoms with Crippen molar-refractivity contribution in [1.82, 2.24) is 14.8 Å². The number of hydrogen-bond acceptors (Lipinski definition) is 4. The molecule has 0 aliphatic carbocycles. The Labute approximate surface area is 105 Å². The summed E-state index contributed by atoms with van der Waals surface area (Å²) in [5, 5.41) is 7.80. The van der Waals surface area contributed by atoms with Crippen molar-refractivity contribution in [3.8, 4) is 0 Å². The zero-order valence-electron chi connectivity index (χ0n) is 10.5. The molecular formula is C12H18N4S. The third-order valence-corrected chi connectivity index (χ3v) is 3.99. The van der Waals surface area contributed by atoms with Crippen LogP contribution in [0.3, 0.4) is 0 Å². The number of thiazole rings is 1. The molecule has 0 aliphatic rings. The van der Waals surface area contributed by atoms with Crippen LogP contribution in [0.25, 0.3) is 0 Å². The van der Waals surface area contributed by atoms with E-state index in [1.807, 2.05) is 11.6 Å². The maximum absolute atomic E-state index is 5.72. The topological polar surface area (TPSA) is 56.7 Å². The van der Waals surface area contributed by atoms with Gasteiger partial charge in [0.25, 0.3) is 0 Å². The normalized spacial score (nSPS) is 11.1. The average molecular weight is 250 g/mol. The van der Waals surface area contributed by atoms with Crippen LogP contribution in [0, 0.1) is 13.8 Å². The molecule has 2 aromatic heterocycles. The Morgan fingerprint density at radius 2 is 2.18 bits per heavy atom. The fourth-order valence-corrected chi connectivity index (χ4v) is 2.66. The lowest BCUT2D eigenvalue weighted by Crippen LogP contribution is -2.05. The van der Waals surface area contributed by atoms with E-state index in [1.165, 1.54) is 5.01 Å². The summed E-state index contributed by atoms with van der Waals surface area (Å²) in [5.74, 6) is 0. The molecular weight excluding hydrogens is 232 g/mol. The lowest BCUT2D eigenvalue weighted by Gasteiger charge is -2.02. The highest BCUT2D eigenvalue weighted by molar-refractivity contribution is 7.09. The summed E-state index contributed by atoms with van der Waals surface area (Å²) in [5.41, 5.74) is 10.1. The van der Waals surface area contributed by atoms with E-state index < -0.39 is 0 Å². The minimum atomic E-state index is 0.551. The molecule has 0 aliphatic heterocycles. The summed E-state index contributed by atoms with van der Waals surface area (Å²) >= 11 is 1.71. The molecule has 0 spiro atoms. The van der Waals surface area contributed by atoms with Crippen molar-refractivity contribution >= 4 is 11.3 Å². The maximum atomic E-state index is 5.72. The summed E-state index contributed by atoms with van der Waals surface area (Å²) in [6.07, 6.45) is 0.996. The molecule has 0 fully saturated rings. The van der Waals surface area contributed by atoms with Gasteiger partial charge in [0.15, 0.2) is 0 Å². The number of nitrogens with two attached hydrogens (primary N) is 1. The van der Waals surface area contributed by atoms with E-state index in [9.17, 15) is 0 Å². The summed E-state index contributed by atoms with van der Waals surface area (Å²) < 4.78 is 1.99. The Morgan fingerprint density at radius 1 is 1.41 bits per heavy atom. The second-order valence-electron chi connectivity index (χ2n) is 4.10. The summed E-state index contributed by atoms with van der Waals surface area (Å²) in [6, 6.07) is 0. The SMILES string of the molecule is CCc1nc(Cn2nc(C)c(CN)c2C)cs1. The fraction of sp³-hybridized carbons (Fsp3) is 0.500. The zero-order chi connectivity index (χ0) is 12.4. The molecule has 0 amide bonds. The molecule has 2 heterocycles. The molecule has 0 bridgehead atoms. The van der Waals surface area contributed by atoms with E-state index in [1.54, 1.807) is 11.3 Å². The quantitative estimate of drug-likeness (QED) is 0.903. The molecule has 2 rings (SSSR count). The van der Waals surface area contributed by atoms with Crippen molar-refractivity contribution in [3.63, 3.8) is 0 Å². The van der Waals surface area contributed by atoms with Gasteiger partial charge in [-0.25, -0.2) is 4.98 Å². The molecule has 0 radical (unpaired) electrons. The second kappa shape index (κ2) is 4.98. The van der Waals surface area contributed by atoms with E-state index in [-0.39, 0.29) is 0 Å². The summed E-state index contributed by atoms with van der Waals surface area (Å²) in [7, 11) is 0. The van der Waals surface area contributed by atoms with E-state index in [4.69, 9.17) is 5.73 Å². The molecule has 0 unspecified atom stereocenters. The molecule has 0 saturated carbocycles. The first kappa shape index (κ1) is 12.3. The molecule has 5 heteroatoms. The number of rotatable bonds is 4. The highest BCUT2D eigenvalue weighted by atomic mass is 32.1. The van der Waals surface area contributed by atoms with Gasteiger partial charge < -0.3 is 5.73 Å². The van der Waals surface area contributed by atoms with E-state index in [2.05, 4.69) is 29.3 Å². The lowest BCUT2D eigenvalue weighted by atomic mass is 10.2. The predicted octanol–water partition coefficient (Wildman–Crippen LogP) is 2.03. The van der Waals surface area contributed by atoms with E-state index >= 15 is 0 Å².